The van der Waals surface area contributed by atoms with Gasteiger partial charge in [-0.2, -0.15) is 0 Å². The third kappa shape index (κ3) is 5.17. The van der Waals surface area contributed by atoms with E-state index in [1.807, 2.05) is 18.2 Å². The fraction of sp³-hybridized carbons (Fsp3) is 0.600. The van der Waals surface area contributed by atoms with Gasteiger partial charge in [-0.1, -0.05) is 50.0 Å². The maximum Gasteiger partial charge on any atom is 0.0452 e. The van der Waals surface area contributed by atoms with Crippen LogP contribution in [0.15, 0.2) is 18.2 Å². The molecule has 0 heterocycles. The highest BCUT2D eigenvalue weighted by Crippen LogP contribution is 2.23. The second-order valence-electron chi connectivity index (χ2n) is 5.08. The number of nitrogens with one attached hydrogen (secondary N) is 1. The van der Waals surface area contributed by atoms with Crippen LogP contribution in [0.1, 0.15) is 39.2 Å². The first-order valence-corrected chi connectivity index (χ1v) is 7.47. The van der Waals surface area contributed by atoms with E-state index in [0.29, 0.717) is 17.0 Å². The second-order valence-corrected chi connectivity index (χ2v) is 5.92. The molecule has 0 aromatic heterocycles. The van der Waals surface area contributed by atoms with E-state index in [4.69, 9.17) is 23.2 Å². The smallest absolute Gasteiger partial charge is 0.0452 e. The maximum atomic E-state index is 6.19. The Bertz CT molecular complexity index is 364. The van der Waals surface area contributed by atoms with Crippen LogP contribution in [0.2, 0.25) is 10.0 Å². The predicted molar refractivity (Wildman–Crippen MR) is 81.7 cm³/mol. The van der Waals surface area contributed by atoms with Gasteiger partial charge in [0.05, 0.1) is 0 Å². The standard InChI is InChI=1S/C15H23Cl2N/c1-4-9-18-15(11(2)3)8-6-12-5-7-13(16)10-14(12)17/h5,7,10-11,15,18H,4,6,8-9H2,1-3H3. The average molecular weight is 288 g/mol. The van der Waals surface area contributed by atoms with Crippen molar-refractivity contribution in [3.05, 3.63) is 33.8 Å². The van der Waals surface area contributed by atoms with Crippen molar-refractivity contribution in [2.75, 3.05) is 6.54 Å². The Kier molecular flexibility index (Phi) is 7.06. The predicted octanol–water partition coefficient (Wildman–Crippen LogP) is 4.95. The normalized spacial score (nSPS) is 13.0. The van der Waals surface area contributed by atoms with Crippen LogP contribution in [0.25, 0.3) is 0 Å². The van der Waals surface area contributed by atoms with Gasteiger partial charge in [0.2, 0.25) is 0 Å². The zero-order valence-corrected chi connectivity index (χ0v) is 13.0. The minimum atomic E-state index is 0.552. The summed E-state index contributed by atoms with van der Waals surface area (Å²) < 4.78 is 0. The van der Waals surface area contributed by atoms with Gasteiger partial charge in [-0.25, -0.2) is 0 Å². The van der Waals surface area contributed by atoms with Crippen molar-refractivity contribution < 1.29 is 0 Å². The van der Waals surface area contributed by atoms with Crippen molar-refractivity contribution in [1.82, 2.24) is 5.32 Å². The summed E-state index contributed by atoms with van der Waals surface area (Å²) in [5.74, 6) is 0.641. The summed E-state index contributed by atoms with van der Waals surface area (Å²) in [6.07, 6.45) is 3.28. The summed E-state index contributed by atoms with van der Waals surface area (Å²) in [6, 6.07) is 6.31. The number of benzene rings is 1. The van der Waals surface area contributed by atoms with Crippen molar-refractivity contribution >= 4 is 23.2 Å². The molecule has 0 aliphatic rings. The Morgan fingerprint density at radius 2 is 1.94 bits per heavy atom. The summed E-state index contributed by atoms with van der Waals surface area (Å²) in [4.78, 5) is 0. The van der Waals surface area contributed by atoms with Crippen LogP contribution in [-0.2, 0) is 6.42 Å². The van der Waals surface area contributed by atoms with E-state index in [1.54, 1.807) is 0 Å². The molecular weight excluding hydrogens is 265 g/mol. The summed E-state index contributed by atoms with van der Waals surface area (Å²) in [5.41, 5.74) is 1.19. The lowest BCUT2D eigenvalue weighted by atomic mass is 9.96. The van der Waals surface area contributed by atoms with Crippen LogP contribution >= 0.6 is 23.2 Å². The molecule has 1 N–H and O–H groups in total. The molecule has 1 aromatic rings. The van der Waals surface area contributed by atoms with Gasteiger partial charge in [0.25, 0.3) is 0 Å². The van der Waals surface area contributed by atoms with Crippen LogP contribution in [0, 0.1) is 5.92 Å². The fourth-order valence-corrected chi connectivity index (χ4v) is 2.54. The van der Waals surface area contributed by atoms with Gasteiger partial charge < -0.3 is 5.32 Å². The molecule has 3 heteroatoms. The first-order valence-electron chi connectivity index (χ1n) is 6.72. The van der Waals surface area contributed by atoms with Crippen LogP contribution in [0.5, 0.6) is 0 Å². The van der Waals surface area contributed by atoms with Crippen molar-refractivity contribution in [2.45, 2.75) is 46.1 Å². The molecule has 0 amide bonds. The van der Waals surface area contributed by atoms with E-state index in [9.17, 15) is 0 Å². The van der Waals surface area contributed by atoms with Gasteiger partial charge in [-0.3, -0.25) is 0 Å². The average Bonchev–Trinajstić information content (AvgIpc) is 2.31. The SMILES string of the molecule is CCCNC(CCc1ccc(Cl)cc1Cl)C(C)C. The molecular formula is C15H23Cl2N. The molecule has 1 atom stereocenters. The molecule has 0 radical (unpaired) electrons. The fourth-order valence-electron chi connectivity index (χ4n) is 2.04. The molecule has 0 spiro atoms. The Balaban J connectivity index is 2.55. The first-order chi connectivity index (χ1) is 8.54. The Morgan fingerprint density at radius 3 is 2.50 bits per heavy atom. The highest BCUT2D eigenvalue weighted by Gasteiger charge is 2.13. The third-order valence-electron chi connectivity index (χ3n) is 3.20. The minimum Gasteiger partial charge on any atom is -0.314 e. The highest BCUT2D eigenvalue weighted by molar-refractivity contribution is 6.35. The number of hydrogen-bond donors (Lipinski definition) is 1. The summed E-state index contributed by atoms with van der Waals surface area (Å²) >= 11 is 12.1. The maximum absolute atomic E-state index is 6.19. The van der Waals surface area contributed by atoms with Gasteiger partial charge >= 0.3 is 0 Å². The monoisotopic (exact) mass is 287 g/mol. The molecule has 0 fully saturated rings. The number of halogens is 2. The zero-order chi connectivity index (χ0) is 13.5. The molecule has 0 saturated heterocycles. The van der Waals surface area contributed by atoms with Gasteiger partial charge in [-0.15, -0.1) is 0 Å². The first kappa shape index (κ1) is 15.8. The van der Waals surface area contributed by atoms with Gasteiger partial charge in [-0.05, 0) is 49.4 Å². The largest absolute Gasteiger partial charge is 0.314 e. The number of rotatable bonds is 7. The molecule has 0 saturated carbocycles. The number of aryl methyl sites for hydroxylation is 1. The van der Waals surface area contributed by atoms with E-state index in [-0.39, 0.29) is 0 Å². The van der Waals surface area contributed by atoms with E-state index < -0.39 is 0 Å². The van der Waals surface area contributed by atoms with Crippen molar-refractivity contribution in [3.63, 3.8) is 0 Å². The number of hydrogen-bond acceptors (Lipinski definition) is 1. The lowest BCUT2D eigenvalue weighted by Gasteiger charge is -2.22. The minimum absolute atomic E-state index is 0.552. The molecule has 18 heavy (non-hydrogen) atoms. The molecule has 1 rings (SSSR count). The molecule has 0 aliphatic heterocycles. The zero-order valence-electron chi connectivity index (χ0n) is 11.5. The van der Waals surface area contributed by atoms with Crippen LogP contribution in [0.3, 0.4) is 0 Å². The summed E-state index contributed by atoms with van der Waals surface area (Å²) in [5, 5.41) is 5.08. The van der Waals surface area contributed by atoms with E-state index >= 15 is 0 Å². The van der Waals surface area contributed by atoms with E-state index in [0.717, 1.165) is 24.4 Å². The Morgan fingerprint density at radius 1 is 1.22 bits per heavy atom. The Labute approximate surface area is 121 Å². The highest BCUT2D eigenvalue weighted by atomic mass is 35.5. The molecule has 0 bridgehead atoms. The van der Waals surface area contributed by atoms with Crippen molar-refractivity contribution in [2.24, 2.45) is 5.92 Å². The van der Waals surface area contributed by atoms with Crippen molar-refractivity contribution in [1.29, 1.82) is 0 Å². The lowest BCUT2D eigenvalue weighted by Crippen LogP contribution is -2.34. The third-order valence-corrected chi connectivity index (χ3v) is 3.79. The second kappa shape index (κ2) is 8.04. The van der Waals surface area contributed by atoms with Gasteiger partial charge in [0.15, 0.2) is 0 Å². The lowest BCUT2D eigenvalue weighted by molar-refractivity contribution is 0.378. The van der Waals surface area contributed by atoms with Gasteiger partial charge in [0.1, 0.15) is 0 Å². The molecule has 1 nitrogen and oxygen atoms in total. The van der Waals surface area contributed by atoms with Crippen LogP contribution < -0.4 is 5.32 Å². The van der Waals surface area contributed by atoms with Crippen LogP contribution in [-0.4, -0.2) is 12.6 Å². The quantitative estimate of drug-likeness (QED) is 0.748. The summed E-state index contributed by atoms with van der Waals surface area (Å²) in [6.45, 7) is 7.80. The van der Waals surface area contributed by atoms with Crippen LogP contribution in [0.4, 0.5) is 0 Å². The Hall–Kier alpha value is -0.240. The topological polar surface area (TPSA) is 12.0 Å². The van der Waals surface area contributed by atoms with Crippen molar-refractivity contribution in [3.8, 4) is 0 Å². The molecule has 0 aliphatic carbocycles. The van der Waals surface area contributed by atoms with E-state index in [1.165, 1.54) is 12.0 Å². The summed E-state index contributed by atoms with van der Waals surface area (Å²) in [7, 11) is 0. The molecule has 102 valence electrons. The van der Waals surface area contributed by atoms with Gasteiger partial charge in [0, 0.05) is 16.1 Å². The molecule has 1 unspecified atom stereocenters. The van der Waals surface area contributed by atoms with E-state index in [2.05, 4.69) is 26.1 Å². The molecule has 1 aromatic carbocycles.